The Morgan fingerprint density at radius 2 is 2.14 bits per heavy atom. The van der Waals surface area contributed by atoms with Gasteiger partial charge in [-0.2, -0.15) is 0 Å². The third kappa shape index (κ3) is 2.95. The van der Waals surface area contributed by atoms with Crippen molar-refractivity contribution in [3.05, 3.63) is 30.1 Å². The molecule has 0 radical (unpaired) electrons. The summed E-state index contributed by atoms with van der Waals surface area (Å²) < 4.78 is 0. The molecular formula is C16H19N3O3. The predicted molar refractivity (Wildman–Crippen MR) is 81.4 cm³/mol. The summed E-state index contributed by atoms with van der Waals surface area (Å²) in [6, 6.07) is 3.75. The summed E-state index contributed by atoms with van der Waals surface area (Å²) in [5, 5.41) is 13.0. The number of H-pyrrole nitrogens is 1. The van der Waals surface area contributed by atoms with Gasteiger partial charge in [0.25, 0.3) is 0 Å². The molecule has 2 aromatic rings. The molecule has 0 spiro atoms. The van der Waals surface area contributed by atoms with Crippen molar-refractivity contribution in [1.29, 1.82) is 0 Å². The number of carbonyl (C=O) groups excluding carboxylic acids is 1. The van der Waals surface area contributed by atoms with Gasteiger partial charge in [0, 0.05) is 17.8 Å². The number of fused-ring (bicyclic) bond motifs is 1. The summed E-state index contributed by atoms with van der Waals surface area (Å²) in [5.41, 5.74) is 1.06. The van der Waals surface area contributed by atoms with Crippen molar-refractivity contribution >= 4 is 22.9 Å². The molecule has 1 fully saturated rings. The van der Waals surface area contributed by atoms with Crippen molar-refractivity contribution in [2.75, 3.05) is 0 Å². The number of rotatable bonds is 5. The lowest BCUT2D eigenvalue weighted by Crippen LogP contribution is -2.48. The lowest BCUT2D eigenvalue weighted by atomic mass is 9.92. The molecule has 0 unspecified atom stereocenters. The van der Waals surface area contributed by atoms with Crippen molar-refractivity contribution in [2.45, 2.75) is 44.1 Å². The van der Waals surface area contributed by atoms with E-state index in [1.807, 2.05) is 12.1 Å². The van der Waals surface area contributed by atoms with Crippen molar-refractivity contribution in [1.82, 2.24) is 15.3 Å². The molecule has 22 heavy (non-hydrogen) atoms. The van der Waals surface area contributed by atoms with Gasteiger partial charge >= 0.3 is 5.97 Å². The molecule has 0 aromatic carbocycles. The van der Waals surface area contributed by atoms with E-state index in [-0.39, 0.29) is 18.7 Å². The Morgan fingerprint density at radius 3 is 2.86 bits per heavy atom. The molecule has 6 heteroatoms. The number of carboxylic acids is 1. The molecule has 1 aliphatic carbocycles. The molecule has 3 rings (SSSR count). The van der Waals surface area contributed by atoms with E-state index in [1.54, 1.807) is 12.4 Å². The molecule has 0 saturated heterocycles. The number of amides is 1. The second-order valence-corrected chi connectivity index (χ2v) is 6.00. The fourth-order valence-electron chi connectivity index (χ4n) is 3.36. The molecule has 1 saturated carbocycles. The van der Waals surface area contributed by atoms with E-state index in [2.05, 4.69) is 15.3 Å². The minimum absolute atomic E-state index is 0.00577. The van der Waals surface area contributed by atoms with Crippen molar-refractivity contribution < 1.29 is 14.7 Å². The second kappa shape index (κ2) is 5.79. The Bertz CT molecular complexity index is 701. The number of carboxylic acid groups (broad SMARTS) is 1. The van der Waals surface area contributed by atoms with E-state index in [0.29, 0.717) is 0 Å². The first-order valence-corrected chi connectivity index (χ1v) is 7.52. The average Bonchev–Trinajstić information content (AvgIpc) is 3.06. The molecule has 0 atom stereocenters. The smallest absolute Gasteiger partial charge is 0.305 e. The molecule has 3 N–H and O–H groups in total. The second-order valence-electron chi connectivity index (χ2n) is 6.00. The zero-order chi connectivity index (χ0) is 15.6. The zero-order valence-electron chi connectivity index (χ0n) is 12.3. The summed E-state index contributed by atoms with van der Waals surface area (Å²) >= 11 is 0. The highest BCUT2D eigenvalue weighted by Crippen LogP contribution is 2.32. The predicted octanol–water partition coefficient (Wildman–Crippen LogP) is 2.01. The topological polar surface area (TPSA) is 95.1 Å². The Hall–Kier alpha value is -2.37. The Kier molecular flexibility index (Phi) is 3.83. The third-order valence-corrected chi connectivity index (χ3v) is 4.34. The first-order valence-electron chi connectivity index (χ1n) is 7.52. The van der Waals surface area contributed by atoms with Gasteiger partial charge < -0.3 is 15.4 Å². The molecule has 2 aromatic heterocycles. The Morgan fingerprint density at radius 1 is 1.36 bits per heavy atom. The molecule has 1 aliphatic rings. The lowest BCUT2D eigenvalue weighted by Gasteiger charge is -2.28. The fraction of sp³-hybridized carbons (Fsp3) is 0.438. The van der Waals surface area contributed by atoms with E-state index >= 15 is 0 Å². The van der Waals surface area contributed by atoms with Gasteiger partial charge in [-0.3, -0.25) is 9.59 Å². The van der Waals surface area contributed by atoms with Gasteiger partial charge in [-0.25, -0.2) is 4.98 Å². The van der Waals surface area contributed by atoms with Gasteiger partial charge in [0.05, 0.1) is 18.4 Å². The van der Waals surface area contributed by atoms with Crippen LogP contribution in [-0.4, -0.2) is 32.5 Å². The van der Waals surface area contributed by atoms with Crippen LogP contribution in [0.1, 0.15) is 37.7 Å². The first-order chi connectivity index (χ1) is 10.6. The SMILES string of the molecule is O=C(O)CC1(NC(=O)Cc2c[nH]c3ncccc23)CCCC1. The summed E-state index contributed by atoms with van der Waals surface area (Å²) in [5.74, 6) is -0.994. The van der Waals surface area contributed by atoms with E-state index in [1.165, 1.54) is 0 Å². The Balaban J connectivity index is 1.72. The zero-order valence-corrected chi connectivity index (χ0v) is 12.3. The number of aromatic nitrogens is 2. The number of aliphatic carboxylic acids is 1. The van der Waals surface area contributed by atoms with Crippen LogP contribution in [0.2, 0.25) is 0 Å². The third-order valence-electron chi connectivity index (χ3n) is 4.34. The largest absolute Gasteiger partial charge is 0.481 e. The quantitative estimate of drug-likeness (QED) is 0.787. The normalized spacial score (nSPS) is 16.7. The summed E-state index contributed by atoms with van der Waals surface area (Å²) in [4.78, 5) is 30.7. The molecule has 2 heterocycles. The van der Waals surface area contributed by atoms with Crippen LogP contribution in [0.4, 0.5) is 0 Å². The van der Waals surface area contributed by atoms with Gasteiger partial charge in [0.15, 0.2) is 0 Å². The Labute approximate surface area is 127 Å². The van der Waals surface area contributed by atoms with Crippen LogP contribution >= 0.6 is 0 Å². The van der Waals surface area contributed by atoms with Crippen LogP contribution < -0.4 is 5.32 Å². The number of aromatic amines is 1. The minimum atomic E-state index is -0.863. The molecule has 116 valence electrons. The summed E-state index contributed by atoms with van der Waals surface area (Å²) in [6.45, 7) is 0. The maximum Gasteiger partial charge on any atom is 0.305 e. The number of hydrogen-bond acceptors (Lipinski definition) is 3. The van der Waals surface area contributed by atoms with E-state index < -0.39 is 11.5 Å². The summed E-state index contributed by atoms with van der Waals surface area (Å²) in [7, 11) is 0. The molecular weight excluding hydrogens is 282 g/mol. The molecule has 0 bridgehead atoms. The minimum Gasteiger partial charge on any atom is -0.481 e. The lowest BCUT2D eigenvalue weighted by molar-refractivity contribution is -0.139. The van der Waals surface area contributed by atoms with E-state index in [4.69, 9.17) is 5.11 Å². The van der Waals surface area contributed by atoms with Gasteiger partial charge in [-0.15, -0.1) is 0 Å². The van der Waals surface area contributed by atoms with E-state index in [9.17, 15) is 9.59 Å². The van der Waals surface area contributed by atoms with Gasteiger partial charge in [-0.1, -0.05) is 12.8 Å². The maximum absolute atomic E-state index is 12.4. The number of carbonyl (C=O) groups is 2. The standard InChI is InChI=1S/C16H19N3O3/c20-13(19-16(9-14(21)22)5-1-2-6-16)8-11-10-18-15-12(11)4-3-7-17-15/h3-4,7,10H,1-2,5-6,8-9H2,(H,17,18)(H,19,20)(H,21,22). The molecule has 6 nitrogen and oxygen atoms in total. The highest BCUT2D eigenvalue weighted by molar-refractivity contribution is 5.87. The monoisotopic (exact) mass is 301 g/mol. The number of hydrogen-bond donors (Lipinski definition) is 3. The highest BCUT2D eigenvalue weighted by atomic mass is 16.4. The van der Waals surface area contributed by atoms with Crippen molar-refractivity contribution in [3.63, 3.8) is 0 Å². The number of nitrogens with zero attached hydrogens (tertiary/aromatic N) is 1. The van der Waals surface area contributed by atoms with Gasteiger partial charge in [0.2, 0.25) is 5.91 Å². The maximum atomic E-state index is 12.4. The van der Waals surface area contributed by atoms with Crippen LogP contribution in [-0.2, 0) is 16.0 Å². The highest BCUT2D eigenvalue weighted by Gasteiger charge is 2.37. The summed E-state index contributed by atoms with van der Waals surface area (Å²) in [6.07, 6.45) is 7.11. The molecule has 0 aliphatic heterocycles. The van der Waals surface area contributed by atoms with Gasteiger partial charge in [0.1, 0.15) is 5.65 Å². The first kappa shape index (κ1) is 14.6. The van der Waals surface area contributed by atoms with Crippen LogP contribution in [0, 0.1) is 0 Å². The number of nitrogens with one attached hydrogen (secondary N) is 2. The van der Waals surface area contributed by atoms with Crippen LogP contribution in [0.25, 0.3) is 11.0 Å². The van der Waals surface area contributed by atoms with Crippen LogP contribution in [0.5, 0.6) is 0 Å². The van der Waals surface area contributed by atoms with E-state index in [0.717, 1.165) is 42.3 Å². The number of pyridine rings is 1. The molecule has 1 amide bonds. The van der Waals surface area contributed by atoms with Crippen molar-refractivity contribution in [2.24, 2.45) is 0 Å². The van der Waals surface area contributed by atoms with Crippen LogP contribution in [0.3, 0.4) is 0 Å². The average molecular weight is 301 g/mol. The fourth-order valence-corrected chi connectivity index (χ4v) is 3.36. The van der Waals surface area contributed by atoms with Crippen molar-refractivity contribution in [3.8, 4) is 0 Å². The van der Waals surface area contributed by atoms with Gasteiger partial charge in [-0.05, 0) is 30.5 Å². The van der Waals surface area contributed by atoms with Crippen LogP contribution in [0.15, 0.2) is 24.5 Å².